The molecule has 1 heterocycles. The van der Waals surface area contributed by atoms with Crippen LogP contribution in [0.15, 0.2) is 47.4 Å². The molecule has 0 atom stereocenters. The molecule has 1 aliphatic heterocycles. The van der Waals surface area contributed by atoms with Gasteiger partial charge in [-0.05, 0) is 75.6 Å². The molecule has 156 valence electrons. The van der Waals surface area contributed by atoms with Crippen molar-refractivity contribution in [2.75, 3.05) is 18.4 Å². The zero-order valence-corrected chi connectivity index (χ0v) is 18.0. The molecule has 0 bridgehead atoms. The molecule has 6 nitrogen and oxygen atoms in total. The molecular weight excluding hydrogens is 388 g/mol. The van der Waals surface area contributed by atoms with Crippen LogP contribution >= 0.6 is 0 Å². The third-order valence-corrected chi connectivity index (χ3v) is 6.91. The standard InChI is InChI=1S/C22H28N2O4S/c1-16(2)28-20-11-8-18(9-12-20)22(25)23-19-10-7-17(3)21(15-19)29(26,27)24-13-5-4-6-14-24/h7-12,15-16H,4-6,13-14H2,1-3H3,(H,23,25). The Morgan fingerprint density at radius 3 is 2.31 bits per heavy atom. The van der Waals surface area contributed by atoms with Crippen molar-refractivity contribution in [3.8, 4) is 5.75 Å². The van der Waals surface area contributed by atoms with Crippen LogP contribution in [0.5, 0.6) is 5.75 Å². The first-order valence-electron chi connectivity index (χ1n) is 9.96. The summed E-state index contributed by atoms with van der Waals surface area (Å²) in [4.78, 5) is 12.8. The van der Waals surface area contributed by atoms with Crippen LogP contribution in [0.4, 0.5) is 5.69 Å². The number of hydrogen-bond acceptors (Lipinski definition) is 4. The first kappa shape index (κ1) is 21.3. The molecule has 1 fully saturated rings. The molecule has 0 saturated carbocycles. The number of benzene rings is 2. The lowest BCUT2D eigenvalue weighted by atomic mass is 10.2. The molecule has 1 N–H and O–H groups in total. The molecule has 29 heavy (non-hydrogen) atoms. The summed E-state index contributed by atoms with van der Waals surface area (Å²) in [7, 11) is -3.57. The van der Waals surface area contributed by atoms with Crippen LogP contribution in [0.25, 0.3) is 0 Å². The van der Waals surface area contributed by atoms with Gasteiger partial charge in [0.05, 0.1) is 11.0 Å². The van der Waals surface area contributed by atoms with Gasteiger partial charge in [-0.15, -0.1) is 0 Å². The average molecular weight is 417 g/mol. The van der Waals surface area contributed by atoms with E-state index in [1.54, 1.807) is 49.4 Å². The molecule has 0 unspecified atom stereocenters. The van der Waals surface area contributed by atoms with Crippen molar-refractivity contribution >= 4 is 21.6 Å². The molecule has 7 heteroatoms. The summed E-state index contributed by atoms with van der Waals surface area (Å²) >= 11 is 0. The molecule has 2 aromatic rings. The highest BCUT2D eigenvalue weighted by atomic mass is 32.2. The lowest BCUT2D eigenvalue weighted by Gasteiger charge is -2.26. The van der Waals surface area contributed by atoms with E-state index in [-0.39, 0.29) is 16.9 Å². The highest BCUT2D eigenvalue weighted by molar-refractivity contribution is 7.89. The quantitative estimate of drug-likeness (QED) is 0.765. The van der Waals surface area contributed by atoms with Crippen molar-refractivity contribution in [3.05, 3.63) is 53.6 Å². The van der Waals surface area contributed by atoms with Crippen molar-refractivity contribution in [3.63, 3.8) is 0 Å². The van der Waals surface area contributed by atoms with Gasteiger partial charge in [0.25, 0.3) is 5.91 Å². The second-order valence-corrected chi connectivity index (χ2v) is 9.50. The Morgan fingerprint density at radius 2 is 1.69 bits per heavy atom. The highest BCUT2D eigenvalue weighted by Crippen LogP contribution is 2.26. The predicted octanol–water partition coefficient (Wildman–Crippen LogP) is 4.21. The molecule has 0 aliphatic carbocycles. The van der Waals surface area contributed by atoms with Gasteiger partial charge in [0, 0.05) is 24.3 Å². The zero-order valence-electron chi connectivity index (χ0n) is 17.1. The van der Waals surface area contributed by atoms with E-state index in [1.807, 2.05) is 13.8 Å². The fourth-order valence-electron chi connectivity index (χ4n) is 3.36. The molecule has 1 saturated heterocycles. The lowest BCUT2D eigenvalue weighted by Crippen LogP contribution is -2.36. The first-order valence-corrected chi connectivity index (χ1v) is 11.4. The van der Waals surface area contributed by atoms with Crippen LogP contribution < -0.4 is 10.1 Å². The summed E-state index contributed by atoms with van der Waals surface area (Å²) in [5.41, 5.74) is 1.60. The number of anilines is 1. The van der Waals surface area contributed by atoms with Gasteiger partial charge in [0.2, 0.25) is 10.0 Å². The largest absolute Gasteiger partial charge is 0.491 e. The second kappa shape index (κ2) is 8.97. The third-order valence-electron chi connectivity index (χ3n) is 4.87. The van der Waals surface area contributed by atoms with Crippen LogP contribution in [0, 0.1) is 6.92 Å². The SMILES string of the molecule is Cc1ccc(NC(=O)c2ccc(OC(C)C)cc2)cc1S(=O)(=O)N1CCCCC1. The molecule has 1 amide bonds. The fraction of sp³-hybridized carbons (Fsp3) is 0.409. The highest BCUT2D eigenvalue weighted by Gasteiger charge is 2.27. The number of nitrogens with one attached hydrogen (secondary N) is 1. The molecule has 0 spiro atoms. The number of amides is 1. The van der Waals surface area contributed by atoms with E-state index >= 15 is 0 Å². The second-order valence-electron chi connectivity index (χ2n) is 7.59. The van der Waals surface area contributed by atoms with E-state index in [1.165, 1.54) is 4.31 Å². The van der Waals surface area contributed by atoms with Crippen LogP contribution in [0.2, 0.25) is 0 Å². The molecule has 1 aliphatic rings. The van der Waals surface area contributed by atoms with E-state index in [2.05, 4.69) is 5.32 Å². The van der Waals surface area contributed by atoms with E-state index in [4.69, 9.17) is 4.74 Å². The van der Waals surface area contributed by atoms with Gasteiger partial charge in [-0.25, -0.2) is 8.42 Å². The van der Waals surface area contributed by atoms with Crippen molar-refractivity contribution in [1.82, 2.24) is 4.31 Å². The minimum absolute atomic E-state index is 0.0579. The molecular formula is C22H28N2O4S. The Balaban J connectivity index is 1.78. The number of ether oxygens (including phenoxy) is 1. The summed E-state index contributed by atoms with van der Waals surface area (Å²) in [5, 5.41) is 2.80. The molecule has 3 rings (SSSR count). The number of rotatable bonds is 6. The maximum absolute atomic E-state index is 13.0. The topological polar surface area (TPSA) is 75.7 Å². The van der Waals surface area contributed by atoms with Gasteiger partial charge < -0.3 is 10.1 Å². The van der Waals surface area contributed by atoms with E-state index in [0.29, 0.717) is 35.7 Å². The van der Waals surface area contributed by atoms with Gasteiger partial charge in [0.15, 0.2) is 0 Å². The Bertz CT molecular complexity index is 963. The summed E-state index contributed by atoms with van der Waals surface area (Å²) in [5.74, 6) is 0.396. The van der Waals surface area contributed by atoms with Gasteiger partial charge in [0.1, 0.15) is 5.75 Å². The van der Waals surface area contributed by atoms with Gasteiger partial charge in [-0.1, -0.05) is 12.5 Å². The van der Waals surface area contributed by atoms with Crippen molar-refractivity contribution in [2.24, 2.45) is 0 Å². The van der Waals surface area contributed by atoms with Gasteiger partial charge >= 0.3 is 0 Å². The van der Waals surface area contributed by atoms with E-state index in [0.717, 1.165) is 19.3 Å². The smallest absolute Gasteiger partial charge is 0.255 e. The number of nitrogens with zero attached hydrogens (tertiary/aromatic N) is 1. The molecule has 0 aromatic heterocycles. The van der Waals surface area contributed by atoms with Crippen molar-refractivity contribution < 1.29 is 17.9 Å². The zero-order chi connectivity index (χ0) is 21.0. The molecule has 2 aromatic carbocycles. The maximum Gasteiger partial charge on any atom is 0.255 e. The third kappa shape index (κ3) is 5.16. The Morgan fingerprint density at radius 1 is 1.03 bits per heavy atom. The van der Waals surface area contributed by atoms with Crippen LogP contribution in [-0.4, -0.2) is 37.8 Å². The van der Waals surface area contributed by atoms with Crippen molar-refractivity contribution in [2.45, 2.75) is 51.0 Å². The minimum atomic E-state index is -3.57. The summed E-state index contributed by atoms with van der Waals surface area (Å²) < 4.78 is 33.2. The number of sulfonamides is 1. The number of hydrogen-bond donors (Lipinski definition) is 1. The lowest BCUT2D eigenvalue weighted by molar-refractivity contribution is 0.102. The maximum atomic E-state index is 13.0. The first-order chi connectivity index (χ1) is 13.8. The predicted molar refractivity (Wildman–Crippen MR) is 114 cm³/mol. The Kier molecular flexibility index (Phi) is 6.59. The minimum Gasteiger partial charge on any atom is -0.491 e. The Labute approximate surface area is 172 Å². The summed E-state index contributed by atoms with van der Waals surface area (Å²) in [6.45, 7) is 6.74. The molecule has 0 radical (unpaired) electrons. The van der Waals surface area contributed by atoms with Crippen LogP contribution in [0.1, 0.15) is 49.0 Å². The normalized spacial score (nSPS) is 15.3. The number of piperidine rings is 1. The Hall–Kier alpha value is -2.38. The monoisotopic (exact) mass is 416 g/mol. The van der Waals surface area contributed by atoms with Gasteiger partial charge in [-0.3, -0.25) is 4.79 Å². The summed E-state index contributed by atoms with van der Waals surface area (Å²) in [6.07, 6.45) is 2.88. The van der Waals surface area contributed by atoms with Crippen LogP contribution in [-0.2, 0) is 10.0 Å². The number of carbonyl (C=O) groups excluding carboxylic acids is 1. The average Bonchev–Trinajstić information content (AvgIpc) is 2.70. The van der Waals surface area contributed by atoms with E-state index < -0.39 is 10.0 Å². The summed E-state index contributed by atoms with van der Waals surface area (Å²) in [6, 6.07) is 11.9. The van der Waals surface area contributed by atoms with Crippen LogP contribution in [0.3, 0.4) is 0 Å². The fourth-order valence-corrected chi connectivity index (χ4v) is 5.13. The van der Waals surface area contributed by atoms with Gasteiger partial charge in [-0.2, -0.15) is 4.31 Å². The van der Waals surface area contributed by atoms with E-state index in [9.17, 15) is 13.2 Å². The van der Waals surface area contributed by atoms with Crippen molar-refractivity contribution in [1.29, 1.82) is 0 Å². The number of aryl methyl sites for hydroxylation is 1. The number of carbonyl (C=O) groups is 1.